The molecule has 6 nitrogen and oxygen atoms in total. The highest BCUT2D eigenvalue weighted by Crippen LogP contribution is 2.16. The van der Waals surface area contributed by atoms with Gasteiger partial charge in [0.05, 0.1) is 12.7 Å². The Balaban J connectivity index is 2.50. The number of rotatable bonds is 4. The van der Waals surface area contributed by atoms with Gasteiger partial charge in [-0.2, -0.15) is 0 Å². The summed E-state index contributed by atoms with van der Waals surface area (Å²) >= 11 is 1.30. The van der Waals surface area contributed by atoms with E-state index in [4.69, 9.17) is 15.9 Å². The summed E-state index contributed by atoms with van der Waals surface area (Å²) in [6, 6.07) is 0. The van der Waals surface area contributed by atoms with E-state index in [-0.39, 0.29) is 6.61 Å². The Kier molecular flexibility index (Phi) is 3.52. The number of anilines is 1. The molecule has 0 saturated heterocycles. The number of nitrogen functional groups attached to an aromatic ring is 1. The first-order valence-corrected chi connectivity index (χ1v) is 4.70. The van der Waals surface area contributed by atoms with E-state index in [0.29, 0.717) is 16.9 Å². The molecular formula is C6H12N4O2S. The van der Waals surface area contributed by atoms with Crippen LogP contribution in [0.1, 0.15) is 0 Å². The van der Waals surface area contributed by atoms with Crippen LogP contribution in [0, 0.1) is 0 Å². The van der Waals surface area contributed by atoms with Crippen LogP contribution in [0.4, 0.5) is 5.95 Å². The molecule has 0 saturated carbocycles. The summed E-state index contributed by atoms with van der Waals surface area (Å²) < 4.78 is 1.62. The summed E-state index contributed by atoms with van der Waals surface area (Å²) in [6.45, 7) is -0.250. The first-order chi connectivity index (χ1) is 6.15. The van der Waals surface area contributed by atoms with E-state index in [1.165, 1.54) is 11.8 Å². The van der Waals surface area contributed by atoms with Crippen molar-refractivity contribution in [2.45, 2.75) is 11.3 Å². The number of hydrogen-bond acceptors (Lipinski definition) is 6. The highest BCUT2D eigenvalue weighted by atomic mass is 32.2. The third-order valence-corrected chi connectivity index (χ3v) is 2.65. The molecule has 1 heterocycles. The zero-order chi connectivity index (χ0) is 9.84. The van der Waals surface area contributed by atoms with Gasteiger partial charge in [0.15, 0.2) is 5.16 Å². The minimum atomic E-state index is -0.733. The van der Waals surface area contributed by atoms with Crippen LogP contribution in [0.5, 0.6) is 0 Å². The fourth-order valence-corrected chi connectivity index (χ4v) is 1.51. The molecule has 1 aromatic heterocycles. The van der Waals surface area contributed by atoms with Gasteiger partial charge in [0.1, 0.15) is 0 Å². The molecule has 0 radical (unpaired) electrons. The summed E-state index contributed by atoms with van der Waals surface area (Å²) in [5.74, 6) is 0.712. The highest BCUT2D eigenvalue weighted by Gasteiger charge is 2.08. The highest BCUT2D eigenvalue weighted by molar-refractivity contribution is 7.99. The van der Waals surface area contributed by atoms with Gasteiger partial charge in [0, 0.05) is 12.8 Å². The lowest BCUT2D eigenvalue weighted by atomic mass is 10.4. The van der Waals surface area contributed by atoms with Crippen molar-refractivity contribution in [3.05, 3.63) is 0 Å². The van der Waals surface area contributed by atoms with Gasteiger partial charge in [-0.05, 0) is 0 Å². The molecule has 0 aliphatic heterocycles. The first kappa shape index (κ1) is 10.3. The van der Waals surface area contributed by atoms with E-state index in [1.54, 1.807) is 11.6 Å². The maximum atomic E-state index is 9.06. The van der Waals surface area contributed by atoms with Crippen LogP contribution in [0.25, 0.3) is 0 Å². The van der Waals surface area contributed by atoms with Crippen molar-refractivity contribution in [3.63, 3.8) is 0 Å². The number of thioether (sulfide) groups is 1. The molecular weight excluding hydrogens is 192 g/mol. The van der Waals surface area contributed by atoms with Gasteiger partial charge >= 0.3 is 0 Å². The van der Waals surface area contributed by atoms with E-state index < -0.39 is 6.10 Å². The van der Waals surface area contributed by atoms with E-state index in [9.17, 15) is 0 Å². The largest absolute Gasteiger partial charge is 0.394 e. The second kappa shape index (κ2) is 4.45. The van der Waals surface area contributed by atoms with E-state index in [2.05, 4.69) is 10.2 Å². The SMILES string of the molecule is Cn1c(N)nnc1SCC(O)CO. The van der Waals surface area contributed by atoms with Crippen LogP contribution in [0.2, 0.25) is 0 Å². The van der Waals surface area contributed by atoms with Gasteiger partial charge in [-0.15, -0.1) is 10.2 Å². The number of aliphatic hydroxyl groups is 2. The number of nitrogens with zero attached hydrogens (tertiary/aromatic N) is 3. The summed E-state index contributed by atoms with van der Waals surface area (Å²) in [5.41, 5.74) is 5.44. The lowest BCUT2D eigenvalue weighted by Gasteiger charge is -2.05. The molecule has 0 bridgehead atoms. The Labute approximate surface area is 79.8 Å². The third kappa shape index (κ3) is 2.58. The van der Waals surface area contributed by atoms with Gasteiger partial charge in [0.2, 0.25) is 5.95 Å². The fraction of sp³-hybridized carbons (Fsp3) is 0.667. The summed E-state index contributed by atoms with van der Waals surface area (Å²) in [7, 11) is 1.74. The first-order valence-electron chi connectivity index (χ1n) is 3.71. The van der Waals surface area contributed by atoms with Crippen molar-refractivity contribution in [3.8, 4) is 0 Å². The average Bonchev–Trinajstić information content (AvgIpc) is 2.44. The summed E-state index contributed by atoms with van der Waals surface area (Å²) in [6.07, 6.45) is -0.733. The average molecular weight is 204 g/mol. The molecule has 1 rings (SSSR count). The van der Waals surface area contributed by atoms with E-state index >= 15 is 0 Å². The number of hydrogen-bond donors (Lipinski definition) is 3. The second-order valence-corrected chi connectivity index (χ2v) is 3.53. The molecule has 7 heteroatoms. The van der Waals surface area contributed by atoms with Gasteiger partial charge < -0.3 is 15.9 Å². The zero-order valence-corrected chi connectivity index (χ0v) is 8.03. The van der Waals surface area contributed by atoms with Gasteiger partial charge in [-0.3, -0.25) is 4.57 Å². The lowest BCUT2D eigenvalue weighted by Crippen LogP contribution is -2.15. The van der Waals surface area contributed by atoms with Crippen LogP contribution in [-0.2, 0) is 7.05 Å². The standard InChI is InChI=1S/C6H12N4O2S/c1-10-5(7)8-9-6(10)13-3-4(12)2-11/h4,11-12H,2-3H2,1H3,(H2,7,8). The Hall–Kier alpha value is -0.790. The van der Waals surface area contributed by atoms with Gasteiger partial charge in [-0.1, -0.05) is 11.8 Å². The van der Waals surface area contributed by atoms with Crippen molar-refractivity contribution >= 4 is 17.7 Å². The third-order valence-electron chi connectivity index (χ3n) is 1.48. The topological polar surface area (TPSA) is 97.2 Å². The van der Waals surface area contributed by atoms with Crippen molar-refractivity contribution in [2.24, 2.45) is 7.05 Å². The molecule has 0 amide bonds. The second-order valence-electron chi connectivity index (χ2n) is 2.55. The predicted molar refractivity (Wildman–Crippen MR) is 49.2 cm³/mol. The molecule has 4 N–H and O–H groups in total. The van der Waals surface area contributed by atoms with Crippen molar-refractivity contribution in [2.75, 3.05) is 18.1 Å². The quantitative estimate of drug-likeness (QED) is 0.535. The van der Waals surface area contributed by atoms with Gasteiger partial charge in [-0.25, -0.2) is 0 Å². The van der Waals surface area contributed by atoms with Crippen LogP contribution in [0.15, 0.2) is 5.16 Å². The smallest absolute Gasteiger partial charge is 0.222 e. The van der Waals surface area contributed by atoms with Gasteiger partial charge in [0.25, 0.3) is 0 Å². The predicted octanol–water partition coefficient (Wildman–Crippen LogP) is -1.16. The van der Waals surface area contributed by atoms with Crippen molar-refractivity contribution in [1.82, 2.24) is 14.8 Å². The molecule has 0 fully saturated rings. The summed E-state index contributed by atoms with van der Waals surface area (Å²) in [5, 5.41) is 25.7. The number of aliphatic hydroxyl groups excluding tert-OH is 2. The van der Waals surface area contributed by atoms with Crippen molar-refractivity contribution in [1.29, 1.82) is 0 Å². The molecule has 0 aliphatic rings. The van der Waals surface area contributed by atoms with Crippen LogP contribution in [0.3, 0.4) is 0 Å². The molecule has 13 heavy (non-hydrogen) atoms. The van der Waals surface area contributed by atoms with Crippen LogP contribution in [-0.4, -0.2) is 43.4 Å². The molecule has 0 aromatic carbocycles. The molecule has 0 spiro atoms. The Morgan fingerprint density at radius 1 is 1.62 bits per heavy atom. The molecule has 74 valence electrons. The van der Waals surface area contributed by atoms with E-state index in [1.807, 2.05) is 0 Å². The minimum absolute atomic E-state index is 0.250. The Morgan fingerprint density at radius 3 is 2.77 bits per heavy atom. The lowest BCUT2D eigenvalue weighted by molar-refractivity contribution is 0.113. The fourth-order valence-electron chi connectivity index (χ4n) is 0.675. The van der Waals surface area contributed by atoms with Crippen LogP contribution < -0.4 is 5.73 Å². The van der Waals surface area contributed by atoms with E-state index in [0.717, 1.165) is 0 Å². The number of nitrogens with two attached hydrogens (primary N) is 1. The normalized spacial score (nSPS) is 13.2. The molecule has 1 atom stereocenters. The monoisotopic (exact) mass is 204 g/mol. The summed E-state index contributed by atoms with van der Waals surface area (Å²) in [4.78, 5) is 0. The Morgan fingerprint density at radius 2 is 2.31 bits per heavy atom. The maximum absolute atomic E-state index is 9.06. The maximum Gasteiger partial charge on any atom is 0.222 e. The van der Waals surface area contributed by atoms with Crippen LogP contribution >= 0.6 is 11.8 Å². The van der Waals surface area contributed by atoms with Crippen molar-refractivity contribution < 1.29 is 10.2 Å². The minimum Gasteiger partial charge on any atom is -0.394 e. The zero-order valence-electron chi connectivity index (χ0n) is 7.21. The number of aromatic nitrogens is 3. The Bertz CT molecular complexity index is 278. The molecule has 1 aromatic rings. The molecule has 1 unspecified atom stereocenters. The molecule has 0 aliphatic carbocycles.